The topological polar surface area (TPSA) is 21.3 Å². The molecule has 0 saturated carbocycles. The Morgan fingerprint density at radius 3 is 3.00 bits per heavy atom. The lowest BCUT2D eigenvalue weighted by Gasteiger charge is -2.21. The third kappa shape index (κ3) is 2.69. The van der Waals surface area contributed by atoms with Gasteiger partial charge in [0.2, 0.25) is 0 Å². The van der Waals surface area contributed by atoms with E-state index in [4.69, 9.17) is 16.3 Å². The quantitative estimate of drug-likeness (QED) is 0.852. The minimum atomic E-state index is 0.358. The van der Waals surface area contributed by atoms with E-state index in [1.807, 2.05) is 18.2 Å². The van der Waals surface area contributed by atoms with E-state index in [1.54, 1.807) is 0 Å². The molecule has 3 heteroatoms. The summed E-state index contributed by atoms with van der Waals surface area (Å²) in [6.07, 6.45) is 2.18. The summed E-state index contributed by atoms with van der Waals surface area (Å²) in [5.41, 5.74) is 1.19. The summed E-state index contributed by atoms with van der Waals surface area (Å²) in [7, 11) is 0. The fourth-order valence-electron chi connectivity index (χ4n) is 2.12. The van der Waals surface area contributed by atoms with Crippen LogP contribution < -0.4 is 10.1 Å². The minimum absolute atomic E-state index is 0.358. The fraction of sp³-hybridized carbons (Fsp3) is 0.538. The number of ether oxygens (including phenoxy) is 1. The number of hydrogen-bond donors (Lipinski definition) is 1. The number of benzene rings is 1. The average molecular weight is 240 g/mol. The maximum absolute atomic E-state index is 6.05. The second kappa shape index (κ2) is 5.07. The van der Waals surface area contributed by atoms with Crippen LogP contribution in [-0.2, 0) is 0 Å². The van der Waals surface area contributed by atoms with Crippen LogP contribution >= 0.6 is 11.6 Å². The largest absolute Gasteiger partial charge is 0.493 e. The molecule has 0 aromatic heterocycles. The molecule has 2 nitrogen and oxygen atoms in total. The Hall–Kier alpha value is -0.730. The maximum atomic E-state index is 6.05. The lowest BCUT2D eigenvalue weighted by molar-refractivity contribution is 0.314. The van der Waals surface area contributed by atoms with Crippen LogP contribution in [0.1, 0.15) is 38.3 Å². The van der Waals surface area contributed by atoms with Gasteiger partial charge in [-0.15, -0.1) is 0 Å². The normalized spacial score (nSPS) is 20.1. The zero-order chi connectivity index (χ0) is 11.5. The van der Waals surface area contributed by atoms with E-state index in [-0.39, 0.29) is 0 Å². The molecule has 1 N–H and O–H groups in total. The van der Waals surface area contributed by atoms with Crippen LogP contribution in [0.2, 0.25) is 5.02 Å². The number of fused-ring (bicyclic) bond motifs is 1. The summed E-state index contributed by atoms with van der Waals surface area (Å²) in [6.45, 7) is 5.12. The van der Waals surface area contributed by atoms with Crippen molar-refractivity contribution >= 4 is 11.6 Å². The van der Waals surface area contributed by atoms with Gasteiger partial charge in [-0.05, 0) is 31.0 Å². The molecule has 0 amide bonds. The maximum Gasteiger partial charge on any atom is 0.124 e. The van der Waals surface area contributed by atoms with Crippen molar-refractivity contribution in [3.05, 3.63) is 28.8 Å². The van der Waals surface area contributed by atoms with Gasteiger partial charge in [-0.1, -0.05) is 25.4 Å². The summed E-state index contributed by atoms with van der Waals surface area (Å²) >= 11 is 6.05. The van der Waals surface area contributed by atoms with Gasteiger partial charge >= 0.3 is 0 Å². The zero-order valence-corrected chi connectivity index (χ0v) is 10.6. The lowest BCUT2D eigenvalue weighted by Crippen LogP contribution is -2.27. The summed E-state index contributed by atoms with van der Waals surface area (Å²) in [6, 6.07) is 6.70. The summed E-state index contributed by atoms with van der Waals surface area (Å²) < 4.78 is 5.72. The first-order valence-corrected chi connectivity index (χ1v) is 6.23. The smallest absolute Gasteiger partial charge is 0.124 e. The van der Waals surface area contributed by atoms with Gasteiger partial charge in [0.1, 0.15) is 5.75 Å². The van der Waals surface area contributed by atoms with Crippen LogP contribution in [-0.4, -0.2) is 12.6 Å². The molecule has 1 aliphatic rings. The van der Waals surface area contributed by atoms with Crippen LogP contribution in [0.3, 0.4) is 0 Å². The van der Waals surface area contributed by atoms with Crippen LogP contribution in [0, 0.1) is 0 Å². The number of halogens is 1. The molecule has 88 valence electrons. The molecular weight excluding hydrogens is 222 g/mol. The Morgan fingerprint density at radius 1 is 1.44 bits per heavy atom. The SMILES string of the molecule is CC(C)NC1CCCOc2ccc(Cl)cc21. The van der Waals surface area contributed by atoms with Crippen LogP contribution in [0.15, 0.2) is 18.2 Å². The molecule has 1 aromatic rings. The molecular formula is C13H18ClNO. The number of rotatable bonds is 2. The summed E-state index contributed by atoms with van der Waals surface area (Å²) in [5.74, 6) is 0.972. The van der Waals surface area contributed by atoms with Crippen LogP contribution in [0.5, 0.6) is 5.75 Å². The van der Waals surface area contributed by atoms with Gasteiger partial charge in [-0.3, -0.25) is 0 Å². The first kappa shape index (κ1) is 11.7. The molecule has 0 aliphatic carbocycles. The monoisotopic (exact) mass is 239 g/mol. The molecule has 0 bridgehead atoms. The van der Waals surface area contributed by atoms with Gasteiger partial charge in [-0.25, -0.2) is 0 Å². The molecule has 1 aromatic carbocycles. The van der Waals surface area contributed by atoms with Crippen molar-refractivity contribution in [3.63, 3.8) is 0 Å². The molecule has 1 atom stereocenters. The van der Waals surface area contributed by atoms with E-state index in [0.29, 0.717) is 12.1 Å². The van der Waals surface area contributed by atoms with E-state index in [9.17, 15) is 0 Å². The minimum Gasteiger partial charge on any atom is -0.493 e. The Balaban J connectivity index is 2.31. The third-order valence-electron chi connectivity index (χ3n) is 2.78. The first-order chi connectivity index (χ1) is 7.66. The van der Waals surface area contributed by atoms with Gasteiger partial charge in [0.25, 0.3) is 0 Å². The van der Waals surface area contributed by atoms with Crippen molar-refractivity contribution in [1.82, 2.24) is 5.32 Å². The highest BCUT2D eigenvalue weighted by molar-refractivity contribution is 6.30. The predicted octanol–water partition coefficient (Wildman–Crippen LogP) is 3.55. The van der Waals surface area contributed by atoms with Crippen LogP contribution in [0.25, 0.3) is 0 Å². The highest BCUT2D eigenvalue weighted by atomic mass is 35.5. The highest BCUT2D eigenvalue weighted by Crippen LogP contribution is 2.33. The van der Waals surface area contributed by atoms with Crippen molar-refractivity contribution in [2.75, 3.05) is 6.61 Å². The van der Waals surface area contributed by atoms with Gasteiger partial charge in [0, 0.05) is 22.7 Å². The van der Waals surface area contributed by atoms with Crippen molar-refractivity contribution in [2.45, 2.75) is 38.8 Å². The Bertz CT molecular complexity index is 365. The van der Waals surface area contributed by atoms with Gasteiger partial charge < -0.3 is 10.1 Å². The molecule has 1 heterocycles. The van der Waals surface area contributed by atoms with E-state index in [0.717, 1.165) is 30.2 Å². The van der Waals surface area contributed by atoms with Gasteiger partial charge in [-0.2, -0.15) is 0 Å². The average Bonchev–Trinajstić information content (AvgIpc) is 2.41. The van der Waals surface area contributed by atoms with E-state index < -0.39 is 0 Å². The molecule has 0 fully saturated rings. The summed E-state index contributed by atoms with van der Waals surface area (Å²) in [5, 5.41) is 4.34. The predicted molar refractivity (Wildman–Crippen MR) is 67.2 cm³/mol. The fourth-order valence-corrected chi connectivity index (χ4v) is 2.30. The number of nitrogens with one attached hydrogen (secondary N) is 1. The Morgan fingerprint density at radius 2 is 2.25 bits per heavy atom. The second-order valence-electron chi connectivity index (χ2n) is 4.55. The molecule has 0 spiro atoms. The van der Waals surface area contributed by atoms with Gasteiger partial charge in [0.15, 0.2) is 0 Å². The summed E-state index contributed by atoms with van der Waals surface area (Å²) in [4.78, 5) is 0. The number of hydrogen-bond acceptors (Lipinski definition) is 2. The lowest BCUT2D eigenvalue weighted by atomic mass is 10.0. The Labute approximate surface area is 102 Å². The molecule has 1 aliphatic heterocycles. The van der Waals surface area contributed by atoms with Crippen molar-refractivity contribution in [1.29, 1.82) is 0 Å². The van der Waals surface area contributed by atoms with Crippen molar-refractivity contribution in [2.24, 2.45) is 0 Å². The van der Waals surface area contributed by atoms with E-state index in [2.05, 4.69) is 19.2 Å². The van der Waals surface area contributed by atoms with Gasteiger partial charge in [0.05, 0.1) is 6.61 Å². The first-order valence-electron chi connectivity index (χ1n) is 5.85. The van der Waals surface area contributed by atoms with Crippen molar-refractivity contribution in [3.8, 4) is 5.75 Å². The standard InChI is InChI=1S/C13H18ClNO/c1-9(2)15-12-4-3-7-16-13-6-5-10(14)8-11(12)13/h5-6,8-9,12,15H,3-4,7H2,1-2H3. The molecule has 0 saturated heterocycles. The molecule has 2 rings (SSSR count). The molecule has 16 heavy (non-hydrogen) atoms. The second-order valence-corrected chi connectivity index (χ2v) is 4.98. The van der Waals surface area contributed by atoms with E-state index >= 15 is 0 Å². The third-order valence-corrected chi connectivity index (χ3v) is 3.01. The zero-order valence-electron chi connectivity index (χ0n) is 9.79. The van der Waals surface area contributed by atoms with Crippen LogP contribution in [0.4, 0.5) is 0 Å². The van der Waals surface area contributed by atoms with Crippen molar-refractivity contribution < 1.29 is 4.74 Å². The Kier molecular flexibility index (Phi) is 3.72. The molecule has 1 unspecified atom stereocenters. The molecule has 0 radical (unpaired) electrons. The van der Waals surface area contributed by atoms with E-state index in [1.165, 1.54) is 5.56 Å². The highest BCUT2D eigenvalue weighted by Gasteiger charge is 2.20.